The minimum Gasteiger partial charge on any atom is -0.366 e. The van der Waals surface area contributed by atoms with E-state index >= 15 is 0 Å². The monoisotopic (exact) mass is 261 g/mol. The molecule has 0 fully saturated rings. The van der Waals surface area contributed by atoms with E-state index in [2.05, 4.69) is 15.4 Å². The van der Waals surface area contributed by atoms with Gasteiger partial charge in [0.1, 0.15) is 12.0 Å². The smallest absolute Gasteiger partial charge is 0.287 e. The van der Waals surface area contributed by atoms with Gasteiger partial charge in [-0.15, -0.1) is 0 Å². The maximum Gasteiger partial charge on any atom is 0.287 e. The van der Waals surface area contributed by atoms with Gasteiger partial charge < -0.3 is 5.32 Å². The maximum absolute atomic E-state index is 10.5. The van der Waals surface area contributed by atoms with E-state index in [4.69, 9.17) is 0 Å². The van der Waals surface area contributed by atoms with Crippen LogP contribution in [0.25, 0.3) is 0 Å². The Bertz CT molecular complexity index is 603. The van der Waals surface area contributed by atoms with Crippen molar-refractivity contribution in [2.24, 2.45) is 7.05 Å². The topological polar surface area (TPSA) is 85.9 Å². The zero-order valence-electron chi connectivity index (χ0n) is 11.0. The third-order valence-electron chi connectivity index (χ3n) is 3.06. The quantitative estimate of drug-likeness (QED) is 0.671. The number of aromatic nitrogens is 3. The van der Waals surface area contributed by atoms with Crippen molar-refractivity contribution in [3.63, 3.8) is 0 Å². The van der Waals surface area contributed by atoms with Gasteiger partial charge in [0.2, 0.25) is 0 Å². The molecule has 0 bridgehead atoms. The molecule has 7 heteroatoms. The molecule has 0 spiro atoms. The van der Waals surface area contributed by atoms with Gasteiger partial charge >= 0.3 is 0 Å². The van der Waals surface area contributed by atoms with Gasteiger partial charge in [-0.25, -0.2) is 4.98 Å². The zero-order valence-corrected chi connectivity index (χ0v) is 11.0. The van der Waals surface area contributed by atoms with Gasteiger partial charge in [0, 0.05) is 30.9 Å². The van der Waals surface area contributed by atoms with Gasteiger partial charge in [-0.2, -0.15) is 5.10 Å². The summed E-state index contributed by atoms with van der Waals surface area (Å²) in [7, 11) is 1.90. The second kappa shape index (κ2) is 5.05. The summed E-state index contributed by atoms with van der Waals surface area (Å²) in [5, 5.41) is 18.0. The lowest BCUT2D eigenvalue weighted by Crippen LogP contribution is -2.04. The fraction of sp³-hybridized carbons (Fsp3) is 0.333. The van der Waals surface area contributed by atoms with Crippen molar-refractivity contribution in [2.45, 2.75) is 20.4 Å². The van der Waals surface area contributed by atoms with Crippen LogP contribution < -0.4 is 5.32 Å². The molecule has 2 aromatic rings. The van der Waals surface area contributed by atoms with Crippen LogP contribution in [-0.2, 0) is 13.6 Å². The first-order chi connectivity index (χ1) is 8.99. The number of hydrogen-bond donors (Lipinski definition) is 1. The van der Waals surface area contributed by atoms with Crippen LogP contribution in [0.1, 0.15) is 17.0 Å². The Morgan fingerprint density at radius 1 is 1.42 bits per heavy atom. The summed E-state index contributed by atoms with van der Waals surface area (Å²) < 4.78 is 1.83. The van der Waals surface area contributed by atoms with Crippen LogP contribution in [-0.4, -0.2) is 19.7 Å². The van der Waals surface area contributed by atoms with Crippen molar-refractivity contribution in [1.82, 2.24) is 14.8 Å². The predicted octanol–water partition coefficient (Wildman–Crippen LogP) is 1.95. The summed E-state index contributed by atoms with van der Waals surface area (Å²) in [5.41, 5.74) is 3.16. The maximum atomic E-state index is 10.5. The molecule has 0 radical (unpaired) electrons. The average Bonchev–Trinajstić information content (AvgIpc) is 2.62. The summed E-state index contributed by atoms with van der Waals surface area (Å²) >= 11 is 0. The zero-order chi connectivity index (χ0) is 14.0. The molecule has 0 amide bonds. The van der Waals surface area contributed by atoms with E-state index in [-0.39, 0.29) is 5.69 Å². The molecule has 0 saturated carbocycles. The van der Waals surface area contributed by atoms with Crippen molar-refractivity contribution in [3.8, 4) is 0 Å². The second-order valence-electron chi connectivity index (χ2n) is 4.29. The van der Waals surface area contributed by atoms with Crippen LogP contribution in [0.4, 0.5) is 11.5 Å². The lowest BCUT2D eigenvalue weighted by molar-refractivity contribution is -0.385. The van der Waals surface area contributed by atoms with Crippen molar-refractivity contribution in [1.29, 1.82) is 0 Å². The van der Waals surface area contributed by atoms with Crippen LogP contribution >= 0.6 is 0 Å². The number of anilines is 1. The molecule has 2 aromatic heterocycles. The Kier molecular flexibility index (Phi) is 3.46. The normalized spacial score (nSPS) is 10.5. The highest BCUT2D eigenvalue weighted by atomic mass is 16.6. The molecule has 0 aromatic carbocycles. The van der Waals surface area contributed by atoms with Crippen LogP contribution in [0, 0.1) is 24.0 Å². The molecular weight excluding hydrogens is 246 g/mol. The molecule has 0 aliphatic heterocycles. The molecule has 19 heavy (non-hydrogen) atoms. The first-order valence-electron chi connectivity index (χ1n) is 5.82. The fourth-order valence-corrected chi connectivity index (χ4v) is 1.85. The summed E-state index contributed by atoms with van der Waals surface area (Å²) in [4.78, 5) is 14.1. The molecule has 1 N–H and O–H groups in total. The van der Waals surface area contributed by atoms with Crippen LogP contribution in [0.15, 0.2) is 18.3 Å². The first-order valence-corrected chi connectivity index (χ1v) is 5.82. The van der Waals surface area contributed by atoms with Gasteiger partial charge in [0.15, 0.2) is 0 Å². The van der Waals surface area contributed by atoms with E-state index in [0.29, 0.717) is 12.4 Å². The summed E-state index contributed by atoms with van der Waals surface area (Å²) in [6.45, 7) is 4.55. The van der Waals surface area contributed by atoms with Crippen LogP contribution in [0.3, 0.4) is 0 Å². The number of aryl methyl sites for hydroxylation is 2. The van der Waals surface area contributed by atoms with Gasteiger partial charge in [0.05, 0.1) is 10.6 Å². The molecule has 0 aliphatic carbocycles. The molecule has 0 atom stereocenters. The fourth-order valence-electron chi connectivity index (χ4n) is 1.85. The predicted molar refractivity (Wildman–Crippen MR) is 70.9 cm³/mol. The number of nitro groups is 1. The number of rotatable bonds is 4. The van der Waals surface area contributed by atoms with Crippen molar-refractivity contribution >= 4 is 11.5 Å². The van der Waals surface area contributed by atoms with Gasteiger partial charge in [0.25, 0.3) is 5.69 Å². The Labute approximate surface area is 110 Å². The van der Waals surface area contributed by atoms with E-state index in [0.717, 1.165) is 17.0 Å². The van der Waals surface area contributed by atoms with E-state index in [9.17, 15) is 10.1 Å². The number of nitrogens with zero attached hydrogens (tertiary/aromatic N) is 4. The average molecular weight is 261 g/mol. The summed E-state index contributed by atoms with van der Waals surface area (Å²) in [6.07, 6.45) is 1.24. The van der Waals surface area contributed by atoms with E-state index in [1.807, 2.05) is 25.6 Å². The molecule has 100 valence electrons. The highest BCUT2D eigenvalue weighted by molar-refractivity contribution is 5.41. The number of nitrogens with one attached hydrogen (secondary N) is 1. The van der Waals surface area contributed by atoms with Gasteiger partial charge in [-0.05, 0) is 19.9 Å². The highest BCUT2D eigenvalue weighted by Crippen LogP contribution is 2.15. The van der Waals surface area contributed by atoms with E-state index < -0.39 is 4.92 Å². The Hall–Kier alpha value is -2.44. The minimum absolute atomic E-state index is 0.0145. The highest BCUT2D eigenvalue weighted by Gasteiger charge is 2.10. The molecular formula is C12H15N5O2. The minimum atomic E-state index is -0.466. The Morgan fingerprint density at radius 2 is 2.16 bits per heavy atom. The summed E-state index contributed by atoms with van der Waals surface area (Å²) in [5.74, 6) is 0.605. The first kappa shape index (κ1) is 13.0. The third kappa shape index (κ3) is 2.70. The van der Waals surface area contributed by atoms with E-state index in [1.54, 1.807) is 6.07 Å². The molecule has 0 saturated heterocycles. The standard InChI is InChI=1S/C12H15N5O2/c1-8-11(9(2)16(3)15-8)7-14-12-5-4-10(6-13-12)17(18)19/h4-6H,7H2,1-3H3,(H,13,14). The molecule has 0 aliphatic rings. The van der Waals surface area contributed by atoms with Crippen LogP contribution in [0.2, 0.25) is 0 Å². The van der Waals surface area contributed by atoms with Crippen LogP contribution in [0.5, 0.6) is 0 Å². The lowest BCUT2D eigenvalue weighted by Gasteiger charge is -2.05. The molecule has 2 heterocycles. The molecule has 7 nitrogen and oxygen atoms in total. The Balaban J connectivity index is 2.08. The SMILES string of the molecule is Cc1nn(C)c(C)c1CNc1ccc([N+](=O)[O-])cn1. The van der Waals surface area contributed by atoms with Crippen molar-refractivity contribution in [3.05, 3.63) is 45.4 Å². The van der Waals surface area contributed by atoms with Gasteiger partial charge in [-0.1, -0.05) is 0 Å². The lowest BCUT2D eigenvalue weighted by atomic mass is 10.2. The second-order valence-corrected chi connectivity index (χ2v) is 4.29. The number of pyridine rings is 1. The van der Waals surface area contributed by atoms with E-state index in [1.165, 1.54) is 12.3 Å². The van der Waals surface area contributed by atoms with Crippen molar-refractivity contribution in [2.75, 3.05) is 5.32 Å². The summed E-state index contributed by atoms with van der Waals surface area (Å²) in [6, 6.07) is 3.03. The number of hydrogen-bond acceptors (Lipinski definition) is 5. The largest absolute Gasteiger partial charge is 0.366 e. The third-order valence-corrected chi connectivity index (χ3v) is 3.06. The molecule has 0 unspecified atom stereocenters. The van der Waals surface area contributed by atoms with Crippen molar-refractivity contribution < 1.29 is 4.92 Å². The van der Waals surface area contributed by atoms with Gasteiger partial charge in [-0.3, -0.25) is 14.8 Å². The molecule has 2 rings (SSSR count). The Morgan fingerprint density at radius 3 is 2.63 bits per heavy atom.